The number of hydrogen-bond donors (Lipinski definition) is 3. The molecule has 1 amide bonds. The summed E-state index contributed by atoms with van der Waals surface area (Å²) >= 11 is 0. The Morgan fingerprint density at radius 1 is 1.18 bits per heavy atom. The van der Waals surface area contributed by atoms with E-state index in [1.54, 1.807) is 24.3 Å². The summed E-state index contributed by atoms with van der Waals surface area (Å²) in [5, 5.41) is 6.50. The van der Waals surface area contributed by atoms with Crippen molar-refractivity contribution >= 4 is 5.91 Å². The number of benzene rings is 1. The first-order valence-electron chi connectivity index (χ1n) is 2.91. The van der Waals surface area contributed by atoms with Gasteiger partial charge in [0.1, 0.15) is 0 Å². The first kappa shape index (κ1) is 9.61. The third kappa shape index (κ3) is 3.34. The van der Waals surface area contributed by atoms with Gasteiger partial charge in [-0.2, -0.15) is 0 Å². The molecule has 0 atom stereocenters. The highest BCUT2D eigenvalue weighted by atomic mass is 16.4. The van der Waals surface area contributed by atoms with Crippen molar-refractivity contribution in [1.29, 1.82) is 0 Å². The van der Waals surface area contributed by atoms with Gasteiger partial charge in [-0.1, -0.05) is 18.2 Å². The smallest absolute Gasteiger partial charge is 0.248 e. The molecule has 1 aromatic carbocycles. The average Bonchev–Trinajstić information content (AvgIpc) is 2.10. The Morgan fingerprint density at radius 3 is 1.91 bits per heavy atom. The van der Waals surface area contributed by atoms with Crippen molar-refractivity contribution in [3.63, 3.8) is 0 Å². The number of rotatable bonds is 1. The molecule has 0 saturated heterocycles. The zero-order valence-electron chi connectivity index (χ0n) is 5.90. The van der Waals surface area contributed by atoms with Gasteiger partial charge in [-0.3, -0.25) is 4.79 Å². The summed E-state index contributed by atoms with van der Waals surface area (Å²) < 4.78 is 0. The molecule has 0 radical (unpaired) electrons. The third-order valence-corrected chi connectivity index (χ3v) is 1.06. The highest BCUT2D eigenvalue weighted by Crippen LogP contribution is 1.94. The normalized spacial score (nSPS) is 7.82. The summed E-state index contributed by atoms with van der Waals surface area (Å²) in [4.78, 5) is 10.4. The van der Waals surface area contributed by atoms with E-state index in [0.717, 1.165) is 0 Å². The van der Waals surface area contributed by atoms with E-state index in [-0.39, 0.29) is 5.91 Å². The van der Waals surface area contributed by atoms with Crippen molar-refractivity contribution in [2.24, 2.45) is 11.6 Å². The molecule has 4 nitrogen and oxygen atoms in total. The molecule has 0 fully saturated rings. The summed E-state index contributed by atoms with van der Waals surface area (Å²) in [7, 11) is 0. The van der Waals surface area contributed by atoms with E-state index in [9.17, 15) is 4.79 Å². The monoisotopic (exact) mass is 154 g/mol. The minimum atomic E-state index is -0.379. The molecular weight excluding hydrogens is 144 g/mol. The molecule has 0 unspecified atom stereocenters. The van der Waals surface area contributed by atoms with Gasteiger partial charge in [-0.25, -0.2) is 5.90 Å². The standard InChI is InChI=1S/C7H7NO.H3NO/c8-7(9)6-4-2-1-3-5-6;1-2/h1-5H,(H2,8,9);2H,1H2. The molecule has 5 N–H and O–H groups in total. The Morgan fingerprint density at radius 2 is 1.64 bits per heavy atom. The Balaban J connectivity index is 0.000000461. The predicted molar refractivity (Wildman–Crippen MR) is 40.9 cm³/mol. The molecule has 0 spiro atoms. The topological polar surface area (TPSA) is 89.3 Å². The fourth-order valence-corrected chi connectivity index (χ4v) is 0.602. The van der Waals surface area contributed by atoms with Crippen LogP contribution >= 0.6 is 0 Å². The summed E-state index contributed by atoms with van der Waals surface area (Å²) in [6.45, 7) is 0. The predicted octanol–water partition coefficient (Wildman–Crippen LogP) is 0.120. The van der Waals surface area contributed by atoms with E-state index < -0.39 is 0 Å². The zero-order chi connectivity index (χ0) is 8.69. The first-order chi connectivity index (χ1) is 5.30. The molecule has 1 rings (SSSR count). The molecule has 1 aromatic rings. The third-order valence-electron chi connectivity index (χ3n) is 1.06. The van der Waals surface area contributed by atoms with Gasteiger partial charge >= 0.3 is 0 Å². The van der Waals surface area contributed by atoms with Gasteiger partial charge in [0.2, 0.25) is 5.91 Å². The van der Waals surface area contributed by atoms with E-state index in [0.29, 0.717) is 5.56 Å². The maximum absolute atomic E-state index is 10.4. The lowest BCUT2D eigenvalue weighted by molar-refractivity contribution is 0.100. The van der Waals surface area contributed by atoms with Crippen LogP contribution in [0.1, 0.15) is 10.4 Å². The van der Waals surface area contributed by atoms with Crippen molar-refractivity contribution < 1.29 is 10.0 Å². The molecule has 0 aliphatic rings. The molecule has 0 aromatic heterocycles. The first-order valence-corrected chi connectivity index (χ1v) is 2.91. The van der Waals surface area contributed by atoms with Gasteiger partial charge in [0.05, 0.1) is 0 Å². The van der Waals surface area contributed by atoms with Crippen LogP contribution in [0.4, 0.5) is 0 Å². The molecule has 4 heteroatoms. The molecule has 60 valence electrons. The molecule has 0 bridgehead atoms. The lowest BCUT2D eigenvalue weighted by atomic mass is 10.2. The van der Waals surface area contributed by atoms with Crippen LogP contribution in [0, 0.1) is 0 Å². The molecule has 0 aliphatic carbocycles. The number of primary amides is 1. The van der Waals surface area contributed by atoms with E-state index in [4.69, 9.17) is 10.9 Å². The summed E-state index contributed by atoms with van der Waals surface area (Å²) in [6, 6.07) is 8.76. The van der Waals surface area contributed by atoms with Crippen LogP contribution in [0.25, 0.3) is 0 Å². The Hall–Kier alpha value is -1.39. The zero-order valence-corrected chi connectivity index (χ0v) is 5.90. The van der Waals surface area contributed by atoms with E-state index in [2.05, 4.69) is 5.90 Å². The van der Waals surface area contributed by atoms with Gasteiger partial charge in [0, 0.05) is 5.56 Å². The second kappa shape index (κ2) is 5.40. The van der Waals surface area contributed by atoms with Crippen LogP contribution in [-0.4, -0.2) is 11.1 Å². The van der Waals surface area contributed by atoms with E-state index in [1.165, 1.54) is 0 Å². The van der Waals surface area contributed by atoms with Gasteiger partial charge in [0.25, 0.3) is 0 Å². The van der Waals surface area contributed by atoms with Crippen LogP contribution in [-0.2, 0) is 0 Å². The Bertz CT molecular complexity index is 211. The fraction of sp³-hybridized carbons (Fsp3) is 0. The molecule has 0 aliphatic heterocycles. The lowest BCUT2D eigenvalue weighted by Gasteiger charge is -1.89. The van der Waals surface area contributed by atoms with Gasteiger partial charge in [-0.15, -0.1) is 0 Å². The van der Waals surface area contributed by atoms with Gasteiger partial charge in [0.15, 0.2) is 0 Å². The molecule has 0 heterocycles. The Labute approximate surface area is 64.4 Å². The minimum Gasteiger partial charge on any atom is -0.366 e. The number of carbonyl (C=O) groups excluding carboxylic acids is 1. The van der Waals surface area contributed by atoms with E-state index in [1.807, 2.05) is 6.07 Å². The molecule has 11 heavy (non-hydrogen) atoms. The van der Waals surface area contributed by atoms with Crippen molar-refractivity contribution in [3.8, 4) is 0 Å². The molecule has 0 saturated carbocycles. The second-order valence-corrected chi connectivity index (χ2v) is 1.73. The van der Waals surface area contributed by atoms with Crippen LogP contribution in [0.2, 0.25) is 0 Å². The van der Waals surface area contributed by atoms with Crippen molar-refractivity contribution in [2.75, 3.05) is 0 Å². The van der Waals surface area contributed by atoms with Gasteiger partial charge in [-0.05, 0) is 12.1 Å². The summed E-state index contributed by atoms with van der Waals surface area (Å²) in [5.41, 5.74) is 5.53. The summed E-state index contributed by atoms with van der Waals surface area (Å²) in [6.07, 6.45) is 0. The maximum atomic E-state index is 10.4. The highest BCUT2D eigenvalue weighted by molar-refractivity contribution is 5.92. The maximum Gasteiger partial charge on any atom is 0.248 e. The lowest BCUT2D eigenvalue weighted by Crippen LogP contribution is -2.09. The van der Waals surface area contributed by atoms with Gasteiger partial charge < -0.3 is 10.9 Å². The van der Waals surface area contributed by atoms with Crippen LogP contribution < -0.4 is 11.6 Å². The van der Waals surface area contributed by atoms with Crippen LogP contribution in [0.5, 0.6) is 0 Å². The number of carbonyl (C=O) groups is 1. The van der Waals surface area contributed by atoms with Crippen LogP contribution in [0.3, 0.4) is 0 Å². The van der Waals surface area contributed by atoms with Crippen LogP contribution in [0.15, 0.2) is 30.3 Å². The van der Waals surface area contributed by atoms with Crippen molar-refractivity contribution in [1.82, 2.24) is 0 Å². The van der Waals surface area contributed by atoms with Crippen molar-refractivity contribution in [3.05, 3.63) is 35.9 Å². The minimum absolute atomic E-state index is 0.379. The number of hydrogen-bond acceptors (Lipinski definition) is 3. The second-order valence-electron chi connectivity index (χ2n) is 1.73. The quantitative estimate of drug-likeness (QED) is 0.502. The van der Waals surface area contributed by atoms with Crippen molar-refractivity contribution in [2.45, 2.75) is 0 Å². The van der Waals surface area contributed by atoms with E-state index >= 15 is 0 Å². The largest absolute Gasteiger partial charge is 0.366 e. The highest BCUT2D eigenvalue weighted by Gasteiger charge is 1.93. The number of amides is 1. The average molecular weight is 154 g/mol. The Kier molecular flexibility index (Phi) is 4.72. The summed E-state index contributed by atoms with van der Waals surface area (Å²) in [5.74, 6) is 3.12. The number of nitrogens with two attached hydrogens (primary N) is 2. The fourth-order valence-electron chi connectivity index (χ4n) is 0.602. The molecular formula is C7H10N2O2. The SMILES string of the molecule is NC(=O)c1ccccc1.NO.